The molecule has 3 aromatic rings. The number of aromatic nitrogens is 3. The number of methoxy groups -OCH3 is 1. The van der Waals surface area contributed by atoms with Gasteiger partial charge < -0.3 is 4.74 Å². The third kappa shape index (κ3) is 1.30. The van der Waals surface area contributed by atoms with Crippen LogP contribution < -0.4 is 4.74 Å². The lowest BCUT2D eigenvalue weighted by atomic mass is 10.1. The highest BCUT2D eigenvalue weighted by Gasteiger charge is 2.15. The molecule has 0 aliphatic heterocycles. The zero-order valence-corrected chi connectivity index (χ0v) is 10.1. The standard InChI is InChI=1S/C13H13N3O/c1-8-11-12(17-3)9-6-4-5-7-10(9)14-13(11)15-16(8)2/h4-7H,1-3H3. The molecule has 0 atom stereocenters. The number of ether oxygens (including phenoxy) is 1. The molecule has 2 heterocycles. The Morgan fingerprint density at radius 3 is 2.76 bits per heavy atom. The maximum atomic E-state index is 5.54. The number of benzene rings is 1. The van der Waals surface area contributed by atoms with E-state index in [1.165, 1.54) is 0 Å². The van der Waals surface area contributed by atoms with Gasteiger partial charge in [0.05, 0.1) is 18.0 Å². The number of nitrogens with zero attached hydrogens (tertiary/aromatic N) is 3. The highest BCUT2D eigenvalue weighted by molar-refractivity contribution is 6.00. The van der Waals surface area contributed by atoms with Crippen molar-refractivity contribution >= 4 is 21.9 Å². The number of pyridine rings is 1. The van der Waals surface area contributed by atoms with E-state index >= 15 is 0 Å². The zero-order valence-electron chi connectivity index (χ0n) is 10.1. The predicted octanol–water partition coefficient (Wildman–Crippen LogP) is 2.44. The summed E-state index contributed by atoms with van der Waals surface area (Å²) in [6.45, 7) is 2.02. The van der Waals surface area contributed by atoms with Crippen molar-refractivity contribution in [2.45, 2.75) is 6.92 Å². The molecule has 86 valence electrons. The average molecular weight is 227 g/mol. The van der Waals surface area contributed by atoms with Crippen LogP contribution in [0.1, 0.15) is 5.69 Å². The molecule has 3 rings (SSSR count). The summed E-state index contributed by atoms with van der Waals surface area (Å²) in [5.41, 5.74) is 2.71. The highest BCUT2D eigenvalue weighted by atomic mass is 16.5. The lowest BCUT2D eigenvalue weighted by Crippen LogP contribution is -1.92. The Balaban J connectivity index is 2.59. The van der Waals surface area contributed by atoms with Gasteiger partial charge in [-0.15, -0.1) is 0 Å². The number of hydrogen-bond donors (Lipinski definition) is 0. The second-order valence-corrected chi connectivity index (χ2v) is 4.07. The molecule has 2 aromatic heterocycles. The third-order valence-electron chi connectivity index (χ3n) is 3.12. The fraction of sp³-hybridized carbons (Fsp3) is 0.231. The summed E-state index contributed by atoms with van der Waals surface area (Å²) in [6, 6.07) is 7.95. The molecule has 0 unspecified atom stereocenters. The van der Waals surface area contributed by atoms with Crippen molar-refractivity contribution in [2.75, 3.05) is 7.11 Å². The van der Waals surface area contributed by atoms with Crippen molar-refractivity contribution in [1.29, 1.82) is 0 Å². The molecule has 0 radical (unpaired) electrons. The van der Waals surface area contributed by atoms with Gasteiger partial charge in [-0.25, -0.2) is 4.98 Å². The molecule has 4 heteroatoms. The highest BCUT2D eigenvalue weighted by Crippen LogP contribution is 2.33. The van der Waals surface area contributed by atoms with Gasteiger partial charge in [-0.3, -0.25) is 4.68 Å². The van der Waals surface area contributed by atoms with Crippen molar-refractivity contribution < 1.29 is 4.74 Å². The van der Waals surface area contributed by atoms with Gasteiger partial charge in [-0.2, -0.15) is 5.10 Å². The van der Waals surface area contributed by atoms with E-state index in [-0.39, 0.29) is 0 Å². The van der Waals surface area contributed by atoms with Crippen LogP contribution in [-0.2, 0) is 7.05 Å². The lowest BCUT2D eigenvalue weighted by molar-refractivity contribution is 0.424. The van der Waals surface area contributed by atoms with E-state index in [2.05, 4.69) is 10.1 Å². The van der Waals surface area contributed by atoms with Gasteiger partial charge in [0, 0.05) is 18.1 Å². The smallest absolute Gasteiger partial charge is 0.185 e. The molecule has 0 fully saturated rings. The van der Waals surface area contributed by atoms with E-state index in [4.69, 9.17) is 4.74 Å². The molecular weight excluding hydrogens is 214 g/mol. The van der Waals surface area contributed by atoms with Crippen LogP contribution in [0.15, 0.2) is 24.3 Å². The number of para-hydroxylation sites is 1. The van der Waals surface area contributed by atoms with E-state index in [1.54, 1.807) is 7.11 Å². The SMILES string of the molecule is COc1c2ccccc2nc2nn(C)c(C)c12. The fourth-order valence-electron chi connectivity index (χ4n) is 2.16. The van der Waals surface area contributed by atoms with Crippen molar-refractivity contribution in [1.82, 2.24) is 14.8 Å². The van der Waals surface area contributed by atoms with E-state index in [9.17, 15) is 0 Å². The summed E-state index contributed by atoms with van der Waals surface area (Å²) < 4.78 is 7.37. The third-order valence-corrected chi connectivity index (χ3v) is 3.12. The van der Waals surface area contributed by atoms with E-state index in [1.807, 2.05) is 42.9 Å². The van der Waals surface area contributed by atoms with Crippen molar-refractivity contribution in [3.63, 3.8) is 0 Å². The van der Waals surface area contributed by atoms with Crippen molar-refractivity contribution in [3.05, 3.63) is 30.0 Å². The minimum absolute atomic E-state index is 0.737. The Morgan fingerprint density at radius 1 is 1.24 bits per heavy atom. The van der Waals surface area contributed by atoms with Crippen LogP contribution >= 0.6 is 0 Å². The monoisotopic (exact) mass is 227 g/mol. The molecule has 0 N–H and O–H groups in total. The molecule has 0 saturated carbocycles. The van der Waals surface area contributed by atoms with Crippen LogP contribution in [0.2, 0.25) is 0 Å². The topological polar surface area (TPSA) is 39.9 Å². The molecule has 17 heavy (non-hydrogen) atoms. The van der Waals surface area contributed by atoms with E-state index in [0.29, 0.717) is 0 Å². The Hall–Kier alpha value is -2.10. The van der Waals surface area contributed by atoms with Crippen LogP contribution in [0, 0.1) is 6.92 Å². The first-order valence-corrected chi connectivity index (χ1v) is 5.48. The average Bonchev–Trinajstić information content (AvgIpc) is 2.62. The Morgan fingerprint density at radius 2 is 2.00 bits per heavy atom. The summed E-state index contributed by atoms with van der Waals surface area (Å²) in [5.74, 6) is 0.858. The van der Waals surface area contributed by atoms with Crippen LogP contribution in [0.25, 0.3) is 21.9 Å². The minimum atomic E-state index is 0.737. The molecule has 0 bridgehead atoms. The largest absolute Gasteiger partial charge is 0.495 e. The molecule has 4 nitrogen and oxygen atoms in total. The summed E-state index contributed by atoms with van der Waals surface area (Å²) >= 11 is 0. The van der Waals surface area contributed by atoms with Crippen LogP contribution in [0.4, 0.5) is 0 Å². The van der Waals surface area contributed by atoms with Crippen LogP contribution in [0.5, 0.6) is 5.75 Å². The number of rotatable bonds is 1. The van der Waals surface area contributed by atoms with Crippen LogP contribution in [-0.4, -0.2) is 21.9 Å². The zero-order chi connectivity index (χ0) is 12.0. The second-order valence-electron chi connectivity index (χ2n) is 4.07. The van der Waals surface area contributed by atoms with Gasteiger partial charge in [0.15, 0.2) is 5.65 Å². The van der Waals surface area contributed by atoms with Crippen LogP contribution in [0.3, 0.4) is 0 Å². The summed E-state index contributed by atoms with van der Waals surface area (Å²) in [5, 5.41) is 6.42. The summed E-state index contributed by atoms with van der Waals surface area (Å²) in [4.78, 5) is 4.56. The van der Waals surface area contributed by atoms with Gasteiger partial charge in [0.25, 0.3) is 0 Å². The second kappa shape index (κ2) is 3.45. The van der Waals surface area contributed by atoms with Gasteiger partial charge in [0.2, 0.25) is 0 Å². The first-order chi connectivity index (χ1) is 8.22. The molecule has 0 amide bonds. The Bertz CT molecular complexity index is 715. The van der Waals surface area contributed by atoms with E-state index in [0.717, 1.165) is 33.4 Å². The summed E-state index contributed by atoms with van der Waals surface area (Å²) in [6.07, 6.45) is 0. The minimum Gasteiger partial charge on any atom is -0.495 e. The van der Waals surface area contributed by atoms with Gasteiger partial charge >= 0.3 is 0 Å². The Kier molecular flexibility index (Phi) is 2.04. The van der Waals surface area contributed by atoms with Gasteiger partial charge in [-0.1, -0.05) is 12.1 Å². The normalized spacial score (nSPS) is 11.2. The molecular formula is C13H13N3O. The van der Waals surface area contributed by atoms with Gasteiger partial charge in [-0.05, 0) is 19.1 Å². The molecule has 0 aliphatic carbocycles. The molecule has 0 spiro atoms. The number of aryl methyl sites for hydroxylation is 2. The van der Waals surface area contributed by atoms with Crippen molar-refractivity contribution in [2.24, 2.45) is 7.05 Å². The molecule has 0 saturated heterocycles. The quantitative estimate of drug-likeness (QED) is 0.641. The summed E-state index contributed by atoms with van der Waals surface area (Å²) in [7, 11) is 3.61. The first-order valence-electron chi connectivity index (χ1n) is 5.48. The predicted molar refractivity (Wildman–Crippen MR) is 67.3 cm³/mol. The van der Waals surface area contributed by atoms with Crippen molar-refractivity contribution in [3.8, 4) is 5.75 Å². The maximum Gasteiger partial charge on any atom is 0.185 e. The van der Waals surface area contributed by atoms with Gasteiger partial charge in [0.1, 0.15) is 5.75 Å². The molecule has 0 aliphatic rings. The number of fused-ring (bicyclic) bond motifs is 2. The molecule has 1 aromatic carbocycles. The number of hydrogen-bond acceptors (Lipinski definition) is 3. The lowest BCUT2D eigenvalue weighted by Gasteiger charge is -2.06. The maximum absolute atomic E-state index is 5.54. The fourth-order valence-corrected chi connectivity index (χ4v) is 2.16. The van der Waals surface area contributed by atoms with E-state index < -0.39 is 0 Å². The first kappa shape index (κ1) is 10.1. The Labute approximate surface area is 98.8 Å².